The highest BCUT2D eigenvalue weighted by molar-refractivity contribution is 14.1. The number of hydrogen-bond acceptors (Lipinski definition) is 2. The van der Waals surface area contributed by atoms with Gasteiger partial charge in [-0.25, -0.2) is 0 Å². The normalized spacial score (nSPS) is 33.7. The average Bonchev–Trinajstić information content (AvgIpc) is 2.08. The second-order valence-corrected chi connectivity index (χ2v) is 4.96. The second kappa shape index (κ2) is 2.73. The van der Waals surface area contributed by atoms with Crippen molar-refractivity contribution in [2.24, 2.45) is 5.41 Å². The fraction of sp³-hybridized carbons (Fsp3) is 0.714. The maximum atomic E-state index is 11.2. The first-order valence-corrected chi connectivity index (χ1v) is 4.70. The zero-order valence-corrected chi connectivity index (χ0v) is 8.64. The van der Waals surface area contributed by atoms with E-state index in [2.05, 4.69) is 27.9 Å². The molecule has 1 aliphatic rings. The minimum atomic E-state index is -0.488. The number of rotatable bonds is 1. The number of halogens is 1. The van der Waals surface area contributed by atoms with Gasteiger partial charge in [-0.05, 0) is 6.92 Å². The molecule has 0 aromatic heterocycles. The fourth-order valence-electron chi connectivity index (χ4n) is 1.05. The zero-order chi connectivity index (χ0) is 8.65. The Morgan fingerprint density at radius 1 is 1.64 bits per heavy atom. The molecule has 1 N–H and O–H groups in total. The maximum Gasteiger partial charge on any atom is 0.234 e. The van der Waals surface area contributed by atoms with Crippen LogP contribution in [0.2, 0.25) is 0 Å². The van der Waals surface area contributed by atoms with Crippen LogP contribution in [-0.4, -0.2) is 15.7 Å². The van der Waals surface area contributed by atoms with Gasteiger partial charge in [-0.2, -0.15) is 0 Å². The standard InChI is InChI=1S/C7H10INO2/c1-4(8)7(2)3-5(10)9-6(7)11/h4H,3H2,1-2H3,(H,9,10,11). The number of nitrogens with one attached hydrogen (secondary N) is 1. The molecule has 0 radical (unpaired) electrons. The number of carbonyl (C=O) groups excluding carboxylic acids is 2. The molecule has 11 heavy (non-hydrogen) atoms. The summed E-state index contributed by atoms with van der Waals surface area (Å²) in [7, 11) is 0. The maximum absolute atomic E-state index is 11.2. The van der Waals surface area contributed by atoms with Gasteiger partial charge in [0.1, 0.15) is 0 Å². The number of carbonyl (C=O) groups is 2. The smallest absolute Gasteiger partial charge is 0.234 e. The van der Waals surface area contributed by atoms with Crippen LogP contribution >= 0.6 is 22.6 Å². The zero-order valence-electron chi connectivity index (χ0n) is 6.48. The summed E-state index contributed by atoms with van der Waals surface area (Å²) in [6.45, 7) is 3.77. The molecule has 1 saturated heterocycles. The van der Waals surface area contributed by atoms with Gasteiger partial charge < -0.3 is 0 Å². The van der Waals surface area contributed by atoms with Crippen molar-refractivity contribution in [2.45, 2.75) is 24.2 Å². The van der Waals surface area contributed by atoms with Crippen molar-refractivity contribution in [3.8, 4) is 0 Å². The Balaban J connectivity index is 2.87. The molecule has 0 aromatic carbocycles. The molecule has 2 atom stereocenters. The van der Waals surface area contributed by atoms with E-state index >= 15 is 0 Å². The molecule has 2 unspecified atom stereocenters. The van der Waals surface area contributed by atoms with Crippen LogP contribution in [0.4, 0.5) is 0 Å². The number of imide groups is 1. The topological polar surface area (TPSA) is 46.2 Å². The predicted molar refractivity (Wildman–Crippen MR) is 49.4 cm³/mol. The first kappa shape index (κ1) is 8.96. The molecule has 0 bridgehead atoms. The summed E-state index contributed by atoms with van der Waals surface area (Å²) < 4.78 is 0.187. The first-order valence-electron chi connectivity index (χ1n) is 3.45. The van der Waals surface area contributed by atoms with Crippen molar-refractivity contribution in [2.75, 3.05) is 0 Å². The fourth-order valence-corrected chi connectivity index (χ4v) is 1.55. The van der Waals surface area contributed by atoms with Crippen molar-refractivity contribution in [3.63, 3.8) is 0 Å². The van der Waals surface area contributed by atoms with Gasteiger partial charge in [0.25, 0.3) is 0 Å². The third-order valence-electron chi connectivity index (χ3n) is 2.18. The van der Waals surface area contributed by atoms with Gasteiger partial charge in [0.05, 0.1) is 5.41 Å². The molecular formula is C7H10INO2. The van der Waals surface area contributed by atoms with Crippen LogP contribution in [-0.2, 0) is 9.59 Å². The highest BCUT2D eigenvalue weighted by Crippen LogP contribution is 2.35. The average molecular weight is 267 g/mol. The predicted octanol–water partition coefficient (Wildman–Crippen LogP) is 0.863. The van der Waals surface area contributed by atoms with Gasteiger partial charge in [0.15, 0.2) is 0 Å². The molecule has 4 heteroatoms. The molecule has 1 heterocycles. The summed E-state index contributed by atoms with van der Waals surface area (Å²) in [5.74, 6) is -0.287. The Hall–Kier alpha value is -0.130. The van der Waals surface area contributed by atoms with E-state index in [0.29, 0.717) is 6.42 Å². The molecule has 62 valence electrons. The summed E-state index contributed by atoms with van der Waals surface area (Å²) in [6.07, 6.45) is 0.329. The van der Waals surface area contributed by atoms with Gasteiger partial charge in [0, 0.05) is 10.3 Å². The van der Waals surface area contributed by atoms with Crippen molar-refractivity contribution < 1.29 is 9.59 Å². The van der Waals surface area contributed by atoms with Gasteiger partial charge in [0.2, 0.25) is 11.8 Å². The van der Waals surface area contributed by atoms with Crippen LogP contribution in [0.3, 0.4) is 0 Å². The van der Waals surface area contributed by atoms with Crippen molar-refractivity contribution >= 4 is 34.4 Å². The molecule has 0 saturated carbocycles. The van der Waals surface area contributed by atoms with Crippen molar-refractivity contribution in [3.05, 3.63) is 0 Å². The molecule has 1 aliphatic heterocycles. The lowest BCUT2D eigenvalue weighted by Gasteiger charge is -2.21. The summed E-state index contributed by atoms with van der Waals surface area (Å²) in [5.41, 5.74) is -0.488. The Morgan fingerprint density at radius 3 is 2.36 bits per heavy atom. The van der Waals surface area contributed by atoms with Crippen molar-refractivity contribution in [1.29, 1.82) is 0 Å². The largest absolute Gasteiger partial charge is 0.296 e. The molecule has 2 amide bonds. The van der Waals surface area contributed by atoms with Crippen LogP contribution in [0, 0.1) is 5.41 Å². The summed E-state index contributed by atoms with van der Waals surface area (Å²) in [4.78, 5) is 22.0. The summed E-state index contributed by atoms with van der Waals surface area (Å²) in [6, 6.07) is 0. The highest BCUT2D eigenvalue weighted by Gasteiger charge is 2.45. The minimum absolute atomic E-state index is 0.135. The lowest BCUT2D eigenvalue weighted by Crippen LogP contribution is -2.34. The first-order chi connectivity index (χ1) is 4.97. The van der Waals surface area contributed by atoms with E-state index in [-0.39, 0.29) is 15.7 Å². The van der Waals surface area contributed by atoms with Crippen LogP contribution in [0.1, 0.15) is 20.3 Å². The van der Waals surface area contributed by atoms with Gasteiger partial charge in [-0.3, -0.25) is 14.9 Å². The Kier molecular flexibility index (Phi) is 2.22. The quantitative estimate of drug-likeness (QED) is 0.435. The SMILES string of the molecule is CC(I)C1(C)CC(=O)NC1=O. The molecule has 3 nitrogen and oxygen atoms in total. The van der Waals surface area contributed by atoms with Crippen LogP contribution < -0.4 is 5.32 Å². The van der Waals surface area contributed by atoms with Crippen molar-refractivity contribution in [1.82, 2.24) is 5.32 Å². The van der Waals surface area contributed by atoms with E-state index in [0.717, 1.165) is 0 Å². The molecule has 1 fully saturated rings. The van der Waals surface area contributed by atoms with E-state index in [9.17, 15) is 9.59 Å². The third kappa shape index (κ3) is 1.40. The Labute approximate surface area is 79.1 Å². The lowest BCUT2D eigenvalue weighted by molar-refractivity contribution is -0.127. The van der Waals surface area contributed by atoms with Crippen LogP contribution in [0.25, 0.3) is 0 Å². The molecule has 0 spiro atoms. The number of amides is 2. The van der Waals surface area contributed by atoms with Crippen LogP contribution in [0.15, 0.2) is 0 Å². The second-order valence-electron chi connectivity index (χ2n) is 3.09. The molecule has 1 rings (SSSR count). The number of hydrogen-bond donors (Lipinski definition) is 1. The van der Waals surface area contributed by atoms with E-state index in [1.165, 1.54) is 0 Å². The Bertz CT molecular complexity index is 214. The van der Waals surface area contributed by atoms with E-state index in [1.54, 1.807) is 0 Å². The van der Waals surface area contributed by atoms with Gasteiger partial charge >= 0.3 is 0 Å². The van der Waals surface area contributed by atoms with Gasteiger partial charge in [-0.15, -0.1) is 0 Å². The molecular weight excluding hydrogens is 257 g/mol. The minimum Gasteiger partial charge on any atom is -0.296 e. The van der Waals surface area contributed by atoms with Gasteiger partial charge in [-0.1, -0.05) is 29.5 Å². The lowest BCUT2D eigenvalue weighted by atomic mass is 9.86. The van der Waals surface area contributed by atoms with E-state index in [1.807, 2.05) is 13.8 Å². The van der Waals surface area contributed by atoms with E-state index < -0.39 is 5.41 Å². The van der Waals surface area contributed by atoms with Crippen LogP contribution in [0.5, 0.6) is 0 Å². The van der Waals surface area contributed by atoms with E-state index in [4.69, 9.17) is 0 Å². The highest BCUT2D eigenvalue weighted by atomic mass is 127. The third-order valence-corrected chi connectivity index (χ3v) is 3.55. The summed E-state index contributed by atoms with van der Waals surface area (Å²) in [5, 5.41) is 2.31. The number of alkyl halides is 1. The molecule has 0 aromatic rings. The molecule has 0 aliphatic carbocycles. The summed E-state index contributed by atoms with van der Waals surface area (Å²) >= 11 is 2.17. The monoisotopic (exact) mass is 267 g/mol. The Morgan fingerprint density at radius 2 is 2.18 bits per heavy atom.